The summed E-state index contributed by atoms with van der Waals surface area (Å²) in [6.07, 6.45) is 0. The van der Waals surface area contributed by atoms with Gasteiger partial charge in [-0.25, -0.2) is 9.18 Å². The number of benzene rings is 1. The van der Waals surface area contributed by atoms with Crippen LogP contribution < -0.4 is 0 Å². The maximum absolute atomic E-state index is 13.7. The van der Waals surface area contributed by atoms with Gasteiger partial charge in [0.2, 0.25) is 0 Å². The summed E-state index contributed by atoms with van der Waals surface area (Å²) >= 11 is 0. The van der Waals surface area contributed by atoms with Gasteiger partial charge in [0.25, 0.3) is 5.78 Å². The van der Waals surface area contributed by atoms with E-state index >= 15 is 0 Å². The summed E-state index contributed by atoms with van der Waals surface area (Å²) in [6, 6.07) is 2.72. The number of carbonyl (C=O) groups is 2. The van der Waals surface area contributed by atoms with Gasteiger partial charge in [0, 0.05) is 5.56 Å². The van der Waals surface area contributed by atoms with Crippen molar-refractivity contribution >= 4 is 11.8 Å². The number of halogens is 1. The minimum atomic E-state index is -0.901. The Morgan fingerprint density at radius 3 is 2.44 bits per heavy atom. The van der Waals surface area contributed by atoms with E-state index in [0.29, 0.717) is 11.1 Å². The Hall–Kier alpha value is -1.71. The number of ether oxygens (including phenoxy) is 1. The van der Waals surface area contributed by atoms with E-state index in [1.165, 1.54) is 12.1 Å². The van der Waals surface area contributed by atoms with Crippen LogP contribution in [0.25, 0.3) is 0 Å². The lowest BCUT2D eigenvalue weighted by Gasteiger charge is -2.11. The van der Waals surface area contributed by atoms with Crippen LogP contribution in [0.4, 0.5) is 4.39 Å². The first-order chi connectivity index (χ1) is 8.38. The smallest absolute Gasteiger partial charge is 0.379 e. The second kappa shape index (κ2) is 5.76. The van der Waals surface area contributed by atoms with Crippen LogP contribution in [0.1, 0.15) is 48.2 Å². The number of Topliss-reactive ketones (excluding diaryl/α,β-unsaturated/α-hetero) is 1. The summed E-state index contributed by atoms with van der Waals surface area (Å²) in [4.78, 5) is 23.2. The van der Waals surface area contributed by atoms with Gasteiger partial charge < -0.3 is 4.74 Å². The van der Waals surface area contributed by atoms with Gasteiger partial charge in [-0.3, -0.25) is 4.79 Å². The van der Waals surface area contributed by atoms with E-state index in [4.69, 9.17) is 0 Å². The molecule has 3 nitrogen and oxygen atoms in total. The standard InChI is InChI=1S/C14H17FO3/c1-5-18-14(17)13(16)11-7-10(8(2)3)12(15)6-9(11)4/h6-8H,5H2,1-4H3. The molecular weight excluding hydrogens is 235 g/mol. The Balaban J connectivity index is 3.20. The van der Waals surface area contributed by atoms with E-state index in [1.807, 2.05) is 13.8 Å². The normalized spacial score (nSPS) is 10.6. The van der Waals surface area contributed by atoms with Crippen LogP contribution in [0.2, 0.25) is 0 Å². The van der Waals surface area contributed by atoms with E-state index in [0.717, 1.165) is 0 Å². The minimum absolute atomic E-state index is 0.0562. The van der Waals surface area contributed by atoms with Crippen LogP contribution in [0.15, 0.2) is 12.1 Å². The van der Waals surface area contributed by atoms with Gasteiger partial charge in [0.1, 0.15) is 5.82 Å². The second-order valence-electron chi connectivity index (χ2n) is 4.39. The van der Waals surface area contributed by atoms with Crippen LogP contribution in [0.5, 0.6) is 0 Å². The monoisotopic (exact) mass is 252 g/mol. The molecular formula is C14H17FO3. The third kappa shape index (κ3) is 2.94. The molecule has 0 bridgehead atoms. The second-order valence-corrected chi connectivity index (χ2v) is 4.39. The molecule has 0 fully saturated rings. The molecule has 0 amide bonds. The topological polar surface area (TPSA) is 43.4 Å². The number of rotatable bonds is 4. The van der Waals surface area contributed by atoms with Crippen molar-refractivity contribution in [2.45, 2.75) is 33.6 Å². The average Bonchev–Trinajstić information content (AvgIpc) is 2.28. The highest BCUT2D eigenvalue weighted by Crippen LogP contribution is 2.23. The van der Waals surface area contributed by atoms with Crippen molar-refractivity contribution in [2.24, 2.45) is 0 Å². The Morgan fingerprint density at radius 1 is 1.33 bits per heavy atom. The summed E-state index contributed by atoms with van der Waals surface area (Å²) in [5.41, 5.74) is 1.07. The van der Waals surface area contributed by atoms with Gasteiger partial charge >= 0.3 is 5.97 Å². The Kier molecular flexibility index (Phi) is 4.59. The largest absolute Gasteiger partial charge is 0.460 e. The fourth-order valence-corrected chi connectivity index (χ4v) is 1.68. The first-order valence-corrected chi connectivity index (χ1v) is 5.90. The van der Waals surface area contributed by atoms with Crippen LogP contribution in [0, 0.1) is 12.7 Å². The Morgan fingerprint density at radius 2 is 1.94 bits per heavy atom. The molecule has 98 valence electrons. The lowest BCUT2D eigenvalue weighted by atomic mass is 9.95. The van der Waals surface area contributed by atoms with Crippen molar-refractivity contribution < 1.29 is 18.7 Å². The summed E-state index contributed by atoms with van der Waals surface area (Å²) in [5, 5.41) is 0. The molecule has 0 radical (unpaired) electrons. The third-order valence-corrected chi connectivity index (χ3v) is 2.67. The van der Waals surface area contributed by atoms with E-state index in [2.05, 4.69) is 4.74 Å². The molecule has 0 aliphatic rings. The van der Waals surface area contributed by atoms with Crippen molar-refractivity contribution in [2.75, 3.05) is 6.61 Å². The number of hydrogen-bond donors (Lipinski definition) is 0. The van der Waals surface area contributed by atoms with Crippen molar-refractivity contribution in [3.05, 3.63) is 34.6 Å². The maximum Gasteiger partial charge on any atom is 0.379 e. The molecule has 0 spiro atoms. The first-order valence-electron chi connectivity index (χ1n) is 5.90. The van der Waals surface area contributed by atoms with Crippen molar-refractivity contribution in [1.82, 2.24) is 0 Å². The van der Waals surface area contributed by atoms with Crippen LogP contribution in [-0.2, 0) is 9.53 Å². The zero-order chi connectivity index (χ0) is 13.9. The van der Waals surface area contributed by atoms with Crippen molar-refractivity contribution in [3.8, 4) is 0 Å². The molecule has 0 unspecified atom stereocenters. The highest BCUT2D eigenvalue weighted by molar-refractivity contribution is 6.41. The predicted octanol–water partition coefficient (Wildman–Crippen LogP) is 3.00. The Labute approximate surface area is 106 Å². The molecule has 1 rings (SSSR count). The molecule has 0 saturated heterocycles. The summed E-state index contributed by atoms with van der Waals surface area (Å²) < 4.78 is 18.3. The summed E-state index contributed by atoms with van der Waals surface area (Å²) in [5.74, 6) is -2.04. The molecule has 18 heavy (non-hydrogen) atoms. The molecule has 0 atom stereocenters. The van der Waals surface area contributed by atoms with Crippen LogP contribution in [-0.4, -0.2) is 18.4 Å². The lowest BCUT2D eigenvalue weighted by Crippen LogP contribution is -2.19. The van der Waals surface area contributed by atoms with Gasteiger partial charge in [0.15, 0.2) is 0 Å². The molecule has 0 N–H and O–H groups in total. The SMILES string of the molecule is CCOC(=O)C(=O)c1cc(C(C)C)c(F)cc1C. The average molecular weight is 252 g/mol. The predicted molar refractivity (Wildman–Crippen MR) is 66.2 cm³/mol. The highest BCUT2D eigenvalue weighted by atomic mass is 19.1. The van der Waals surface area contributed by atoms with Gasteiger partial charge in [-0.05, 0) is 43.0 Å². The van der Waals surface area contributed by atoms with Crippen molar-refractivity contribution in [3.63, 3.8) is 0 Å². The van der Waals surface area contributed by atoms with E-state index in [9.17, 15) is 14.0 Å². The molecule has 0 aliphatic heterocycles. The van der Waals surface area contributed by atoms with Gasteiger partial charge in [0.05, 0.1) is 6.61 Å². The molecule has 4 heteroatoms. The highest BCUT2D eigenvalue weighted by Gasteiger charge is 2.22. The molecule has 0 aromatic heterocycles. The molecule has 1 aromatic carbocycles. The first kappa shape index (κ1) is 14.4. The summed E-state index contributed by atoms with van der Waals surface area (Å²) in [6.45, 7) is 7.02. The maximum atomic E-state index is 13.7. The van der Waals surface area contributed by atoms with E-state index < -0.39 is 11.8 Å². The zero-order valence-electron chi connectivity index (χ0n) is 11.0. The number of ketones is 1. The zero-order valence-corrected chi connectivity index (χ0v) is 11.0. The van der Waals surface area contributed by atoms with Gasteiger partial charge in [-0.15, -0.1) is 0 Å². The summed E-state index contributed by atoms with van der Waals surface area (Å²) in [7, 11) is 0. The Bertz CT molecular complexity index is 478. The molecule has 0 aliphatic carbocycles. The fourth-order valence-electron chi connectivity index (χ4n) is 1.68. The lowest BCUT2D eigenvalue weighted by molar-refractivity contribution is -0.137. The van der Waals surface area contributed by atoms with Gasteiger partial charge in [-0.2, -0.15) is 0 Å². The fraction of sp³-hybridized carbons (Fsp3) is 0.429. The van der Waals surface area contributed by atoms with Crippen LogP contribution >= 0.6 is 0 Å². The van der Waals surface area contributed by atoms with E-state index in [1.54, 1.807) is 13.8 Å². The quantitative estimate of drug-likeness (QED) is 0.470. The van der Waals surface area contributed by atoms with E-state index in [-0.39, 0.29) is 23.9 Å². The number of esters is 1. The minimum Gasteiger partial charge on any atom is -0.460 e. The van der Waals surface area contributed by atoms with Crippen molar-refractivity contribution in [1.29, 1.82) is 0 Å². The number of carbonyl (C=O) groups excluding carboxylic acids is 2. The van der Waals surface area contributed by atoms with Gasteiger partial charge in [-0.1, -0.05) is 13.8 Å². The molecule has 0 saturated carbocycles. The molecule has 0 heterocycles. The number of hydrogen-bond acceptors (Lipinski definition) is 3. The number of aryl methyl sites for hydroxylation is 1. The van der Waals surface area contributed by atoms with Crippen LogP contribution in [0.3, 0.4) is 0 Å². The third-order valence-electron chi connectivity index (χ3n) is 2.67. The molecule has 1 aromatic rings.